The largest absolute Gasteiger partial charge is 0.380 e. The molecular formula is C14H20FN3O. The third-order valence-corrected chi connectivity index (χ3v) is 3.25. The van der Waals surface area contributed by atoms with Crippen molar-refractivity contribution in [2.75, 3.05) is 13.7 Å². The van der Waals surface area contributed by atoms with E-state index < -0.39 is 0 Å². The van der Waals surface area contributed by atoms with Crippen molar-refractivity contribution in [2.24, 2.45) is 5.73 Å². The maximum Gasteiger partial charge on any atom is 0.125 e. The lowest BCUT2D eigenvalue weighted by atomic mass is 10.2. The lowest BCUT2D eigenvalue weighted by Crippen LogP contribution is -2.26. The number of hydrogen-bond acceptors (Lipinski definition) is 3. The molecule has 1 heterocycles. The summed E-state index contributed by atoms with van der Waals surface area (Å²) in [4.78, 5) is 4.57. The quantitative estimate of drug-likeness (QED) is 0.902. The Balaban J connectivity index is 2.50. The molecule has 0 spiro atoms. The SMILES string of the molecule is COC(CN)Cc1nc2ccc(F)cc2n1C(C)C. The van der Waals surface area contributed by atoms with Gasteiger partial charge >= 0.3 is 0 Å². The van der Waals surface area contributed by atoms with Crippen LogP contribution in [0.25, 0.3) is 11.0 Å². The Kier molecular flexibility index (Phi) is 4.17. The average Bonchev–Trinajstić information content (AvgIpc) is 2.73. The predicted octanol–water partition coefficient (Wildman–Crippen LogP) is 2.27. The van der Waals surface area contributed by atoms with Crippen LogP contribution in [0.3, 0.4) is 0 Å². The zero-order valence-corrected chi connectivity index (χ0v) is 11.6. The summed E-state index contributed by atoms with van der Waals surface area (Å²) in [5, 5.41) is 0. The molecule has 0 aliphatic rings. The fraction of sp³-hybridized carbons (Fsp3) is 0.500. The van der Waals surface area contributed by atoms with Gasteiger partial charge in [0.1, 0.15) is 11.6 Å². The summed E-state index contributed by atoms with van der Waals surface area (Å²) in [5.74, 6) is 0.635. The molecule has 0 bridgehead atoms. The van der Waals surface area contributed by atoms with Crippen molar-refractivity contribution in [1.82, 2.24) is 9.55 Å². The zero-order chi connectivity index (χ0) is 14.0. The zero-order valence-electron chi connectivity index (χ0n) is 11.6. The summed E-state index contributed by atoms with van der Waals surface area (Å²) in [6.45, 7) is 4.55. The number of hydrogen-bond donors (Lipinski definition) is 1. The molecule has 0 aliphatic heterocycles. The number of rotatable bonds is 5. The van der Waals surface area contributed by atoms with E-state index in [0.717, 1.165) is 16.9 Å². The Morgan fingerprint density at radius 2 is 2.16 bits per heavy atom. The first-order valence-corrected chi connectivity index (χ1v) is 6.46. The van der Waals surface area contributed by atoms with Crippen LogP contribution in [-0.4, -0.2) is 29.3 Å². The van der Waals surface area contributed by atoms with E-state index in [1.165, 1.54) is 12.1 Å². The van der Waals surface area contributed by atoms with Crippen LogP contribution >= 0.6 is 0 Å². The highest BCUT2D eigenvalue weighted by Crippen LogP contribution is 2.23. The number of methoxy groups -OCH3 is 1. The molecule has 1 aromatic heterocycles. The van der Waals surface area contributed by atoms with E-state index in [9.17, 15) is 4.39 Å². The number of halogens is 1. The number of benzene rings is 1. The maximum absolute atomic E-state index is 13.4. The Bertz CT molecular complexity index is 561. The second kappa shape index (κ2) is 5.67. The molecule has 0 saturated heterocycles. The van der Waals surface area contributed by atoms with Gasteiger partial charge in [-0.2, -0.15) is 0 Å². The van der Waals surface area contributed by atoms with Crippen molar-refractivity contribution in [2.45, 2.75) is 32.4 Å². The highest BCUT2D eigenvalue weighted by atomic mass is 19.1. The van der Waals surface area contributed by atoms with Gasteiger partial charge in [0, 0.05) is 26.1 Å². The minimum atomic E-state index is -0.247. The molecular weight excluding hydrogens is 245 g/mol. The molecule has 0 saturated carbocycles. The first-order valence-electron chi connectivity index (χ1n) is 6.46. The van der Waals surface area contributed by atoms with Gasteiger partial charge in [0.05, 0.1) is 17.1 Å². The molecule has 1 aromatic carbocycles. The number of ether oxygens (including phenoxy) is 1. The third kappa shape index (κ3) is 2.77. The van der Waals surface area contributed by atoms with Gasteiger partial charge in [-0.05, 0) is 32.0 Å². The molecule has 0 radical (unpaired) electrons. The van der Waals surface area contributed by atoms with E-state index in [4.69, 9.17) is 10.5 Å². The Hall–Kier alpha value is -1.46. The first-order chi connectivity index (χ1) is 9.06. The van der Waals surface area contributed by atoms with Crippen molar-refractivity contribution < 1.29 is 9.13 Å². The van der Waals surface area contributed by atoms with Crippen molar-refractivity contribution >= 4 is 11.0 Å². The summed E-state index contributed by atoms with van der Waals surface area (Å²) in [5.41, 5.74) is 7.27. The van der Waals surface area contributed by atoms with Crippen LogP contribution in [0, 0.1) is 5.82 Å². The lowest BCUT2D eigenvalue weighted by Gasteiger charge is -2.16. The summed E-state index contributed by atoms with van der Waals surface area (Å²) < 4.78 is 20.7. The molecule has 1 atom stereocenters. The monoisotopic (exact) mass is 265 g/mol. The van der Waals surface area contributed by atoms with Crippen LogP contribution < -0.4 is 5.73 Å². The van der Waals surface area contributed by atoms with Crippen LogP contribution in [0.5, 0.6) is 0 Å². The van der Waals surface area contributed by atoms with Crippen LogP contribution in [-0.2, 0) is 11.2 Å². The number of fused-ring (bicyclic) bond motifs is 1. The van der Waals surface area contributed by atoms with Crippen molar-refractivity contribution in [3.05, 3.63) is 29.8 Å². The third-order valence-electron chi connectivity index (χ3n) is 3.25. The lowest BCUT2D eigenvalue weighted by molar-refractivity contribution is 0.107. The van der Waals surface area contributed by atoms with Gasteiger partial charge in [-0.25, -0.2) is 9.37 Å². The number of imidazole rings is 1. The standard InChI is InChI=1S/C14H20FN3O/c1-9(2)18-13-6-10(15)4-5-12(13)17-14(18)7-11(8-16)19-3/h4-6,9,11H,7-8,16H2,1-3H3. The van der Waals surface area contributed by atoms with E-state index in [1.807, 2.05) is 4.57 Å². The highest BCUT2D eigenvalue weighted by molar-refractivity contribution is 5.76. The molecule has 2 N–H and O–H groups in total. The molecule has 0 fully saturated rings. The van der Waals surface area contributed by atoms with E-state index >= 15 is 0 Å². The van der Waals surface area contributed by atoms with Crippen LogP contribution in [0.15, 0.2) is 18.2 Å². The molecule has 2 rings (SSSR count). The maximum atomic E-state index is 13.4. The van der Waals surface area contributed by atoms with E-state index in [2.05, 4.69) is 18.8 Å². The molecule has 4 nitrogen and oxygen atoms in total. The molecule has 19 heavy (non-hydrogen) atoms. The minimum absolute atomic E-state index is 0.0702. The molecule has 1 unspecified atom stereocenters. The molecule has 2 aromatic rings. The number of aromatic nitrogens is 2. The van der Waals surface area contributed by atoms with E-state index in [1.54, 1.807) is 13.2 Å². The topological polar surface area (TPSA) is 53.1 Å². The summed E-state index contributed by atoms with van der Waals surface area (Å²) in [6.07, 6.45) is 0.556. The average molecular weight is 265 g/mol. The first kappa shape index (κ1) is 14.0. The fourth-order valence-corrected chi connectivity index (χ4v) is 2.30. The van der Waals surface area contributed by atoms with E-state index in [0.29, 0.717) is 13.0 Å². The minimum Gasteiger partial charge on any atom is -0.380 e. The van der Waals surface area contributed by atoms with Crippen LogP contribution in [0.2, 0.25) is 0 Å². The van der Waals surface area contributed by atoms with Gasteiger partial charge < -0.3 is 15.0 Å². The van der Waals surface area contributed by atoms with Crippen molar-refractivity contribution in [1.29, 1.82) is 0 Å². The van der Waals surface area contributed by atoms with Gasteiger partial charge in [0.25, 0.3) is 0 Å². The Morgan fingerprint density at radius 3 is 2.74 bits per heavy atom. The van der Waals surface area contributed by atoms with Crippen LogP contribution in [0.1, 0.15) is 25.7 Å². The molecule has 104 valence electrons. The molecule has 0 amide bonds. The fourth-order valence-electron chi connectivity index (χ4n) is 2.30. The summed E-state index contributed by atoms with van der Waals surface area (Å²) >= 11 is 0. The molecule has 5 heteroatoms. The normalized spacial score (nSPS) is 13.4. The van der Waals surface area contributed by atoms with Gasteiger partial charge in [0.15, 0.2) is 0 Å². The van der Waals surface area contributed by atoms with Gasteiger partial charge in [-0.1, -0.05) is 0 Å². The van der Waals surface area contributed by atoms with Gasteiger partial charge in [-0.15, -0.1) is 0 Å². The van der Waals surface area contributed by atoms with E-state index in [-0.39, 0.29) is 18.0 Å². The number of nitrogens with two attached hydrogens (primary N) is 1. The predicted molar refractivity (Wildman–Crippen MR) is 73.6 cm³/mol. The number of nitrogens with zero attached hydrogens (tertiary/aromatic N) is 2. The van der Waals surface area contributed by atoms with Crippen molar-refractivity contribution in [3.8, 4) is 0 Å². The Morgan fingerprint density at radius 1 is 1.42 bits per heavy atom. The summed E-state index contributed by atoms with van der Waals surface area (Å²) in [7, 11) is 1.64. The Labute approximate surface area is 112 Å². The molecule has 0 aliphatic carbocycles. The van der Waals surface area contributed by atoms with Crippen LogP contribution in [0.4, 0.5) is 4.39 Å². The smallest absolute Gasteiger partial charge is 0.125 e. The van der Waals surface area contributed by atoms with Gasteiger partial charge in [0.2, 0.25) is 0 Å². The second-order valence-corrected chi connectivity index (χ2v) is 4.92. The highest BCUT2D eigenvalue weighted by Gasteiger charge is 2.17. The van der Waals surface area contributed by atoms with Gasteiger partial charge in [-0.3, -0.25) is 0 Å². The summed E-state index contributed by atoms with van der Waals surface area (Å²) in [6, 6.07) is 4.87. The van der Waals surface area contributed by atoms with Crippen molar-refractivity contribution in [3.63, 3.8) is 0 Å². The second-order valence-electron chi connectivity index (χ2n) is 4.92.